The summed E-state index contributed by atoms with van der Waals surface area (Å²) in [7, 11) is 0. The molecule has 1 aromatic carbocycles. The number of carbonyl (C=O) groups excluding carboxylic acids is 1. The predicted octanol–water partition coefficient (Wildman–Crippen LogP) is 1.33. The van der Waals surface area contributed by atoms with Crippen molar-refractivity contribution in [3.05, 3.63) is 35.4 Å². The Balaban J connectivity index is 1.70. The maximum absolute atomic E-state index is 11.7. The first kappa shape index (κ1) is 14.0. The molecule has 0 heterocycles. The standard InChI is InChI=1S/C15H22N2O2/c18-11-13-5-3-4-12(8-13)9-17-15(19)10-16-14-6-1-2-7-14/h3-5,8,14,16,18H,1-2,6-7,9-11H2,(H,17,19). The molecule has 0 spiro atoms. The third-order valence-electron chi connectivity index (χ3n) is 3.57. The normalized spacial score (nSPS) is 15.6. The molecule has 1 fully saturated rings. The zero-order valence-corrected chi connectivity index (χ0v) is 11.2. The van der Waals surface area contributed by atoms with Crippen LogP contribution in [0.5, 0.6) is 0 Å². The second-order valence-electron chi connectivity index (χ2n) is 5.12. The van der Waals surface area contributed by atoms with Gasteiger partial charge in [0, 0.05) is 12.6 Å². The van der Waals surface area contributed by atoms with Crippen LogP contribution in [0, 0.1) is 0 Å². The number of aliphatic hydroxyl groups excluding tert-OH is 1. The van der Waals surface area contributed by atoms with E-state index in [2.05, 4.69) is 10.6 Å². The van der Waals surface area contributed by atoms with Gasteiger partial charge in [0.25, 0.3) is 0 Å². The number of hydrogen-bond acceptors (Lipinski definition) is 3. The van der Waals surface area contributed by atoms with E-state index in [4.69, 9.17) is 5.11 Å². The molecule has 1 aliphatic carbocycles. The summed E-state index contributed by atoms with van der Waals surface area (Å²) < 4.78 is 0. The van der Waals surface area contributed by atoms with Gasteiger partial charge >= 0.3 is 0 Å². The summed E-state index contributed by atoms with van der Waals surface area (Å²) in [4.78, 5) is 11.7. The molecule has 0 atom stereocenters. The lowest BCUT2D eigenvalue weighted by Gasteiger charge is -2.12. The minimum absolute atomic E-state index is 0.0290. The molecule has 0 bridgehead atoms. The molecule has 0 saturated heterocycles. The highest BCUT2D eigenvalue weighted by atomic mass is 16.3. The van der Waals surface area contributed by atoms with Gasteiger partial charge in [0.15, 0.2) is 0 Å². The number of nitrogens with one attached hydrogen (secondary N) is 2. The molecule has 0 radical (unpaired) electrons. The molecule has 0 aromatic heterocycles. The zero-order chi connectivity index (χ0) is 13.5. The number of rotatable bonds is 6. The van der Waals surface area contributed by atoms with Gasteiger partial charge in [0.2, 0.25) is 5.91 Å². The summed E-state index contributed by atoms with van der Waals surface area (Å²) in [5.41, 5.74) is 1.89. The molecule has 2 rings (SSSR count). The van der Waals surface area contributed by atoms with Crippen LogP contribution >= 0.6 is 0 Å². The third kappa shape index (κ3) is 4.65. The van der Waals surface area contributed by atoms with Crippen LogP contribution in [0.25, 0.3) is 0 Å². The highest BCUT2D eigenvalue weighted by Crippen LogP contribution is 2.17. The monoisotopic (exact) mass is 262 g/mol. The smallest absolute Gasteiger partial charge is 0.234 e. The Bertz CT molecular complexity index is 414. The fourth-order valence-corrected chi connectivity index (χ4v) is 2.47. The largest absolute Gasteiger partial charge is 0.392 e. The predicted molar refractivity (Wildman–Crippen MR) is 74.5 cm³/mol. The van der Waals surface area contributed by atoms with E-state index in [-0.39, 0.29) is 12.5 Å². The Kier molecular flexibility index (Phi) is 5.36. The summed E-state index contributed by atoms with van der Waals surface area (Å²) in [6.45, 7) is 0.939. The summed E-state index contributed by atoms with van der Waals surface area (Å²) in [6, 6.07) is 8.13. The van der Waals surface area contributed by atoms with Crippen molar-refractivity contribution >= 4 is 5.91 Å². The van der Waals surface area contributed by atoms with Gasteiger partial charge in [0.05, 0.1) is 13.2 Å². The van der Waals surface area contributed by atoms with E-state index in [9.17, 15) is 4.79 Å². The average molecular weight is 262 g/mol. The minimum Gasteiger partial charge on any atom is -0.392 e. The molecule has 1 amide bonds. The molecule has 1 saturated carbocycles. The molecular formula is C15H22N2O2. The molecule has 1 aliphatic rings. The fourth-order valence-electron chi connectivity index (χ4n) is 2.47. The molecule has 0 aliphatic heterocycles. The Hall–Kier alpha value is -1.39. The first-order chi connectivity index (χ1) is 9.28. The Morgan fingerprint density at radius 1 is 1.26 bits per heavy atom. The van der Waals surface area contributed by atoms with Crippen molar-refractivity contribution in [2.75, 3.05) is 6.54 Å². The van der Waals surface area contributed by atoms with Gasteiger partial charge in [-0.25, -0.2) is 0 Å². The summed E-state index contributed by atoms with van der Waals surface area (Å²) >= 11 is 0. The van der Waals surface area contributed by atoms with Crippen LogP contribution in [-0.2, 0) is 17.9 Å². The number of carbonyl (C=O) groups is 1. The average Bonchev–Trinajstić information content (AvgIpc) is 2.96. The van der Waals surface area contributed by atoms with Gasteiger partial charge in [-0.15, -0.1) is 0 Å². The van der Waals surface area contributed by atoms with Crippen molar-refractivity contribution in [1.29, 1.82) is 0 Å². The number of amides is 1. The van der Waals surface area contributed by atoms with E-state index in [0.29, 0.717) is 19.1 Å². The molecule has 4 nitrogen and oxygen atoms in total. The highest BCUT2D eigenvalue weighted by Gasteiger charge is 2.14. The molecular weight excluding hydrogens is 240 g/mol. The second kappa shape index (κ2) is 7.26. The SMILES string of the molecule is O=C(CNC1CCCC1)NCc1cccc(CO)c1. The van der Waals surface area contributed by atoms with Crippen molar-refractivity contribution < 1.29 is 9.90 Å². The topological polar surface area (TPSA) is 61.4 Å². The van der Waals surface area contributed by atoms with Crippen LogP contribution in [0.15, 0.2) is 24.3 Å². The van der Waals surface area contributed by atoms with Gasteiger partial charge in [-0.3, -0.25) is 4.79 Å². The van der Waals surface area contributed by atoms with Crippen LogP contribution in [0.2, 0.25) is 0 Å². The molecule has 4 heteroatoms. The molecule has 19 heavy (non-hydrogen) atoms. The quantitative estimate of drug-likeness (QED) is 0.725. The molecule has 0 unspecified atom stereocenters. The lowest BCUT2D eigenvalue weighted by Crippen LogP contribution is -2.37. The first-order valence-electron chi connectivity index (χ1n) is 6.96. The lowest BCUT2D eigenvalue weighted by molar-refractivity contribution is -0.120. The fraction of sp³-hybridized carbons (Fsp3) is 0.533. The van der Waals surface area contributed by atoms with Crippen molar-refractivity contribution in [3.63, 3.8) is 0 Å². The van der Waals surface area contributed by atoms with Gasteiger partial charge < -0.3 is 15.7 Å². The van der Waals surface area contributed by atoms with Gasteiger partial charge in [-0.2, -0.15) is 0 Å². The maximum Gasteiger partial charge on any atom is 0.234 e. The molecule has 104 valence electrons. The van der Waals surface area contributed by atoms with E-state index in [0.717, 1.165) is 11.1 Å². The Morgan fingerprint density at radius 2 is 2.00 bits per heavy atom. The van der Waals surface area contributed by atoms with E-state index in [1.807, 2.05) is 24.3 Å². The van der Waals surface area contributed by atoms with Crippen molar-refractivity contribution in [3.8, 4) is 0 Å². The minimum atomic E-state index is 0.0290. The lowest BCUT2D eigenvalue weighted by atomic mass is 10.1. The Morgan fingerprint density at radius 3 is 2.74 bits per heavy atom. The molecule has 1 aromatic rings. The van der Waals surface area contributed by atoms with Crippen molar-refractivity contribution in [1.82, 2.24) is 10.6 Å². The van der Waals surface area contributed by atoms with Gasteiger partial charge in [-0.05, 0) is 24.0 Å². The maximum atomic E-state index is 11.7. The van der Waals surface area contributed by atoms with Crippen LogP contribution < -0.4 is 10.6 Å². The van der Waals surface area contributed by atoms with Crippen molar-refractivity contribution in [2.24, 2.45) is 0 Å². The number of hydrogen-bond donors (Lipinski definition) is 3. The van der Waals surface area contributed by atoms with Gasteiger partial charge in [-0.1, -0.05) is 37.1 Å². The summed E-state index contributed by atoms with van der Waals surface area (Å²) in [5.74, 6) is 0.0290. The van der Waals surface area contributed by atoms with E-state index in [1.165, 1.54) is 25.7 Å². The summed E-state index contributed by atoms with van der Waals surface area (Å²) in [6.07, 6.45) is 4.91. The van der Waals surface area contributed by atoms with E-state index in [1.54, 1.807) is 0 Å². The second-order valence-corrected chi connectivity index (χ2v) is 5.12. The van der Waals surface area contributed by atoms with Crippen LogP contribution in [0.1, 0.15) is 36.8 Å². The molecule has 3 N–H and O–H groups in total. The third-order valence-corrected chi connectivity index (χ3v) is 3.57. The van der Waals surface area contributed by atoms with Crippen LogP contribution in [0.4, 0.5) is 0 Å². The Labute approximate surface area is 114 Å². The zero-order valence-electron chi connectivity index (χ0n) is 11.2. The van der Waals surface area contributed by atoms with E-state index >= 15 is 0 Å². The number of aliphatic hydroxyl groups is 1. The van der Waals surface area contributed by atoms with Crippen molar-refractivity contribution in [2.45, 2.75) is 44.9 Å². The van der Waals surface area contributed by atoms with Crippen LogP contribution in [0.3, 0.4) is 0 Å². The van der Waals surface area contributed by atoms with Crippen LogP contribution in [-0.4, -0.2) is 23.6 Å². The highest BCUT2D eigenvalue weighted by molar-refractivity contribution is 5.78. The van der Waals surface area contributed by atoms with E-state index < -0.39 is 0 Å². The summed E-state index contributed by atoms with van der Waals surface area (Å²) in [5, 5.41) is 15.2. The van der Waals surface area contributed by atoms with Gasteiger partial charge in [0.1, 0.15) is 0 Å². The first-order valence-corrected chi connectivity index (χ1v) is 6.96. The number of benzene rings is 1.